The lowest BCUT2D eigenvalue weighted by Crippen LogP contribution is -2.63. The van der Waals surface area contributed by atoms with Crippen molar-refractivity contribution in [3.8, 4) is 0 Å². The maximum atomic E-state index is 12.3. The Morgan fingerprint density at radius 1 is 0.885 bits per heavy atom. The summed E-state index contributed by atoms with van der Waals surface area (Å²) in [6.45, 7) is 5.23. The van der Waals surface area contributed by atoms with Gasteiger partial charge < -0.3 is 28.8 Å². The first-order chi connectivity index (χ1) is 12.2. The van der Waals surface area contributed by atoms with Crippen molar-refractivity contribution in [3.05, 3.63) is 0 Å². The van der Waals surface area contributed by atoms with Gasteiger partial charge in [0.05, 0.1) is 6.61 Å². The van der Waals surface area contributed by atoms with Gasteiger partial charge in [0.1, 0.15) is 0 Å². The fraction of sp³-hybridized carbons (Fsp3) is 0.750. The molecule has 1 aliphatic rings. The molecule has 0 aromatic carbocycles. The van der Waals surface area contributed by atoms with Crippen LogP contribution >= 0.6 is 0 Å². The highest BCUT2D eigenvalue weighted by Gasteiger charge is 2.54. The quantitative estimate of drug-likeness (QED) is 0.363. The van der Waals surface area contributed by atoms with E-state index < -0.39 is 54.6 Å². The SMILES string of the molecule is CCCCOC(=O)[C@H]1O[C@H](O)[C@H](OC(C)=O)[C@@H](OC(C)=O)[C@@H]1OC(C)=O. The molecule has 1 rings (SSSR count). The van der Waals surface area contributed by atoms with Crippen molar-refractivity contribution in [3.63, 3.8) is 0 Å². The molecule has 148 valence electrons. The third kappa shape index (κ3) is 6.26. The smallest absolute Gasteiger partial charge is 0.339 e. The van der Waals surface area contributed by atoms with Gasteiger partial charge in [-0.15, -0.1) is 0 Å². The molecule has 1 heterocycles. The zero-order valence-electron chi connectivity index (χ0n) is 15.1. The van der Waals surface area contributed by atoms with Gasteiger partial charge in [0, 0.05) is 20.8 Å². The van der Waals surface area contributed by atoms with E-state index in [1.807, 2.05) is 6.92 Å². The van der Waals surface area contributed by atoms with E-state index in [0.717, 1.165) is 27.2 Å². The first-order valence-corrected chi connectivity index (χ1v) is 8.19. The van der Waals surface area contributed by atoms with Crippen molar-refractivity contribution in [2.24, 2.45) is 0 Å². The average Bonchev–Trinajstić information content (AvgIpc) is 2.52. The zero-order valence-corrected chi connectivity index (χ0v) is 15.1. The van der Waals surface area contributed by atoms with Gasteiger partial charge in [0.25, 0.3) is 0 Å². The number of unbranched alkanes of at least 4 members (excludes halogenated alkanes) is 1. The zero-order chi connectivity index (χ0) is 19.9. The summed E-state index contributed by atoms with van der Waals surface area (Å²) in [4.78, 5) is 46.4. The lowest BCUT2D eigenvalue weighted by Gasteiger charge is -2.41. The van der Waals surface area contributed by atoms with Crippen LogP contribution in [0.3, 0.4) is 0 Å². The third-order valence-corrected chi connectivity index (χ3v) is 3.39. The van der Waals surface area contributed by atoms with E-state index >= 15 is 0 Å². The van der Waals surface area contributed by atoms with Crippen LogP contribution in [0.4, 0.5) is 0 Å². The van der Waals surface area contributed by atoms with Gasteiger partial charge in [-0.2, -0.15) is 0 Å². The second-order valence-electron chi connectivity index (χ2n) is 5.69. The molecule has 0 aromatic heterocycles. The molecule has 1 fully saturated rings. The number of carbonyl (C=O) groups is 4. The Bertz CT molecular complexity index is 531. The second-order valence-corrected chi connectivity index (χ2v) is 5.69. The van der Waals surface area contributed by atoms with Crippen molar-refractivity contribution < 1.29 is 48.0 Å². The highest BCUT2D eigenvalue weighted by Crippen LogP contribution is 2.28. The lowest BCUT2D eigenvalue weighted by atomic mass is 9.98. The maximum Gasteiger partial charge on any atom is 0.339 e. The molecule has 10 heteroatoms. The molecule has 0 bridgehead atoms. The molecule has 1 saturated heterocycles. The van der Waals surface area contributed by atoms with Crippen molar-refractivity contribution in [1.29, 1.82) is 0 Å². The molecule has 0 unspecified atom stereocenters. The minimum Gasteiger partial charge on any atom is -0.464 e. The Morgan fingerprint density at radius 2 is 1.38 bits per heavy atom. The van der Waals surface area contributed by atoms with Crippen molar-refractivity contribution >= 4 is 23.9 Å². The highest BCUT2D eigenvalue weighted by molar-refractivity contribution is 5.77. The Hall–Kier alpha value is -2.20. The summed E-state index contributed by atoms with van der Waals surface area (Å²) in [6, 6.07) is 0. The Balaban J connectivity index is 3.12. The van der Waals surface area contributed by atoms with Crippen molar-refractivity contribution in [1.82, 2.24) is 0 Å². The molecule has 10 nitrogen and oxygen atoms in total. The predicted octanol–water partition coefficient (Wildman–Crippen LogP) is -0.158. The van der Waals surface area contributed by atoms with Crippen LogP contribution in [0, 0.1) is 0 Å². The van der Waals surface area contributed by atoms with Gasteiger partial charge in [0.15, 0.2) is 30.7 Å². The summed E-state index contributed by atoms with van der Waals surface area (Å²) in [5, 5.41) is 10.1. The molecular formula is C16H24O10. The number of carbonyl (C=O) groups excluding carboxylic acids is 4. The van der Waals surface area contributed by atoms with Gasteiger partial charge in [-0.3, -0.25) is 14.4 Å². The number of aliphatic hydroxyl groups is 1. The summed E-state index contributed by atoms with van der Waals surface area (Å²) in [7, 11) is 0. The monoisotopic (exact) mass is 376 g/mol. The highest BCUT2D eigenvalue weighted by atomic mass is 16.7. The van der Waals surface area contributed by atoms with Gasteiger partial charge >= 0.3 is 23.9 Å². The van der Waals surface area contributed by atoms with Gasteiger partial charge in [-0.05, 0) is 6.42 Å². The number of ether oxygens (including phenoxy) is 5. The molecule has 26 heavy (non-hydrogen) atoms. The van der Waals surface area contributed by atoms with E-state index in [1.54, 1.807) is 0 Å². The molecule has 0 radical (unpaired) electrons. The molecule has 5 atom stereocenters. The minimum atomic E-state index is -1.79. The standard InChI is InChI=1S/C16H24O10/c1-5-6-7-22-15(20)13-11(23-8(2)17)12(24-9(3)18)14(16(21)26-13)25-10(4)19/h11-14,16,21H,5-7H2,1-4H3/t11-,12-,13-,14+,16-/m0/s1. The summed E-state index contributed by atoms with van der Waals surface area (Å²) < 4.78 is 25.2. The van der Waals surface area contributed by atoms with Crippen molar-refractivity contribution in [2.75, 3.05) is 6.61 Å². The summed E-state index contributed by atoms with van der Waals surface area (Å²) in [6.07, 6.45) is -6.37. The van der Waals surface area contributed by atoms with Crippen LogP contribution in [0.25, 0.3) is 0 Å². The van der Waals surface area contributed by atoms with Crippen LogP contribution in [0.5, 0.6) is 0 Å². The van der Waals surface area contributed by atoms with Crippen LogP contribution in [0.15, 0.2) is 0 Å². The number of esters is 4. The maximum absolute atomic E-state index is 12.3. The van der Waals surface area contributed by atoms with E-state index in [2.05, 4.69) is 0 Å². The van der Waals surface area contributed by atoms with E-state index in [0.29, 0.717) is 6.42 Å². The number of hydrogen-bond acceptors (Lipinski definition) is 10. The predicted molar refractivity (Wildman–Crippen MR) is 83.4 cm³/mol. The first kappa shape index (κ1) is 21.8. The number of aliphatic hydroxyl groups excluding tert-OH is 1. The van der Waals surface area contributed by atoms with Gasteiger partial charge in [-0.25, -0.2) is 4.79 Å². The Morgan fingerprint density at radius 3 is 1.88 bits per heavy atom. The molecule has 0 amide bonds. The summed E-state index contributed by atoms with van der Waals surface area (Å²) in [5.74, 6) is -3.28. The van der Waals surface area contributed by atoms with Crippen molar-refractivity contribution in [2.45, 2.75) is 71.2 Å². The number of hydrogen-bond donors (Lipinski definition) is 1. The third-order valence-electron chi connectivity index (χ3n) is 3.39. The van der Waals surface area contributed by atoms with Crippen LogP contribution < -0.4 is 0 Å². The van der Waals surface area contributed by atoms with E-state index in [9.17, 15) is 24.3 Å². The van der Waals surface area contributed by atoms with E-state index in [-0.39, 0.29) is 6.61 Å². The van der Waals surface area contributed by atoms with Crippen LogP contribution in [0.1, 0.15) is 40.5 Å². The minimum absolute atomic E-state index is 0.101. The number of rotatable bonds is 7. The summed E-state index contributed by atoms with van der Waals surface area (Å²) in [5.41, 5.74) is 0. The van der Waals surface area contributed by atoms with Gasteiger partial charge in [-0.1, -0.05) is 13.3 Å². The largest absolute Gasteiger partial charge is 0.464 e. The molecule has 1 N–H and O–H groups in total. The first-order valence-electron chi connectivity index (χ1n) is 8.19. The lowest BCUT2D eigenvalue weighted by molar-refractivity contribution is -0.290. The van der Waals surface area contributed by atoms with Gasteiger partial charge in [0.2, 0.25) is 0 Å². The van der Waals surface area contributed by atoms with Crippen LogP contribution in [0.2, 0.25) is 0 Å². The molecule has 1 aliphatic heterocycles. The molecule has 0 saturated carbocycles. The average molecular weight is 376 g/mol. The fourth-order valence-electron chi connectivity index (χ4n) is 2.38. The normalized spacial score (nSPS) is 28.0. The topological polar surface area (TPSA) is 135 Å². The molecular weight excluding hydrogens is 352 g/mol. The Labute approximate surface area is 150 Å². The van der Waals surface area contributed by atoms with Crippen LogP contribution in [-0.2, 0) is 42.9 Å². The fourth-order valence-corrected chi connectivity index (χ4v) is 2.38. The molecule has 0 aromatic rings. The Kier molecular flexibility index (Phi) is 8.46. The van der Waals surface area contributed by atoms with Crippen LogP contribution in [-0.4, -0.2) is 66.3 Å². The molecule has 0 aliphatic carbocycles. The second kappa shape index (κ2) is 10.1. The molecule has 0 spiro atoms. The summed E-state index contributed by atoms with van der Waals surface area (Å²) >= 11 is 0. The van der Waals surface area contributed by atoms with E-state index in [4.69, 9.17) is 23.7 Å². The van der Waals surface area contributed by atoms with E-state index in [1.165, 1.54) is 0 Å².